The van der Waals surface area contributed by atoms with Crippen molar-refractivity contribution in [1.82, 2.24) is 25.8 Å². The van der Waals surface area contributed by atoms with Crippen molar-refractivity contribution in [3.8, 4) is 0 Å². The summed E-state index contributed by atoms with van der Waals surface area (Å²) >= 11 is 0. The first-order valence-corrected chi connectivity index (χ1v) is 9.43. The van der Waals surface area contributed by atoms with Gasteiger partial charge in [0.15, 0.2) is 5.76 Å². The highest BCUT2D eigenvalue weighted by atomic mass is 32.3. The molecule has 25 heavy (non-hydrogen) atoms. The minimum Gasteiger partial charge on any atom is -0.360 e. The van der Waals surface area contributed by atoms with E-state index in [1.165, 1.54) is 4.90 Å². The van der Waals surface area contributed by atoms with E-state index < -0.39 is 22.5 Å². The van der Waals surface area contributed by atoms with Crippen molar-refractivity contribution < 1.29 is 26.6 Å². The number of fused-ring (bicyclic) bond motifs is 2. The van der Waals surface area contributed by atoms with Crippen molar-refractivity contribution in [2.45, 2.75) is 37.5 Å². The second-order valence-corrected chi connectivity index (χ2v) is 7.47. The lowest BCUT2D eigenvalue weighted by Gasteiger charge is -2.28. The molecule has 2 atom stereocenters. The van der Waals surface area contributed by atoms with Gasteiger partial charge >= 0.3 is 16.4 Å². The average Bonchev–Trinajstić information content (AvgIpc) is 3.05. The van der Waals surface area contributed by atoms with E-state index in [0.29, 0.717) is 43.4 Å². The Bertz CT molecular complexity index is 763. The van der Waals surface area contributed by atoms with Gasteiger partial charge in [-0.25, -0.2) is 4.79 Å². The van der Waals surface area contributed by atoms with E-state index in [0.717, 1.165) is 18.2 Å². The Morgan fingerprint density at radius 3 is 2.92 bits per heavy atom. The summed E-state index contributed by atoms with van der Waals surface area (Å²) in [6.45, 7) is 2.72. The SMILES string of the molecule is O=C1N2CC(CCC2c2cc(CNC3CNC3)on2)N1OS(=O)(=O)O. The van der Waals surface area contributed by atoms with Crippen molar-refractivity contribution in [2.24, 2.45) is 0 Å². The van der Waals surface area contributed by atoms with Gasteiger partial charge in [0.1, 0.15) is 5.69 Å². The van der Waals surface area contributed by atoms with Gasteiger partial charge < -0.3 is 20.1 Å². The summed E-state index contributed by atoms with van der Waals surface area (Å²) in [6.07, 6.45) is 1.14. The Balaban J connectivity index is 1.43. The highest BCUT2D eigenvalue weighted by molar-refractivity contribution is 7.80. The van der Waals surface area contributed by atoms with Crippen LogP contribution in [0.1, 0.15) is 30.3 Å². The fourth-order valence-corrected chi connectivity index (χ4v) is 3.77. The Hall–Kier alpha value is -1.73. The van der Waals surface area contributed by atoms with Crippen molar-refractivity contribution >= 4 is 16.4 Å². The maximum Gasteiger partial charge on any atom is 0.418 e. The molecule has 3 N–H and O–H groups in total. The van der Waals surface area contributed by atoms with Crippen LogP contribution in [-0.4, -0.2) is 65.8 Å². The highest BCUT2D eigenvalue weighted by Crippen LogP contribution is 2.38. The number of hydrogen-bond donors (Lipinski definition) is 3. The number of nitrogens with one attached hydrogen (secondary N) is 2. The number of piperidine rings is 1. The monoisotopic (exact) mass is 373 g/mol. The molecule has 4 heterocycles. The van der Waals surface area contributed by atoms with E-state index in [9.17, 15) is 13.2 Å². The summed E-state index contributed by atoms with van der Waals surface area (Å²) in [5.74, 6) is 0.682. The normalized spacial score (nSPS) is 27.0. The van der Waals surface area contributed by atoms with Crippen LogP contribution in [0.15, 0.2) is 10.6 Å². The quantitative estimate of drug-likeness (QED) is 0.559. The van der Waals surface area contributed by atoms with Gasteiger partial charge in [0.25, 0.3) is 0 Å². The Labute approximate surface area is 144 Å². The highest BCUT2D eigenvalue weighted by Gasteiger charge is 2.48. The predicted octanol–water partition coefficient (Wildman–Crippen LogP) is -0.588. The van der Waals surface area contributed by atoms with Crippen LogP contribution < -0.4 is 10.6 Å². The smallest absolute Gasteiger partial charge is 0.360 e. The summed E-state index contributed by atoms with van der Waals surface area (Å²) in [6, 6.07) is 0.916. The van der Waals surface area contributed by atoms with Crippen LogP contribution in [0.5, 0.6) is 0 Å². The molecule has 3 fully saturated rings. The number of carbonyl (C=O) groups excluding carboxylic acids is 1. The summed E-state index contributed by atoms with van der Waals surface area (Å²) in [5, 5.41) is 11.3. The third kappa shape index (κ3) is 3.35. The van der Waals surface area contributed by atoms with E-state index in [2.05, 4.69) is 20.1 Å². The lowest BCUT2D eigenvalue weighted by molar-refractivity contribution is -0.0317. The number of hydroxylamine groups is 2. The number of aromatic nitrogens is 1. The minimum absolute atomic E-state index is 0.304. The largest absolute Gasteiger partial charge is 0.418 e. The molecule has 2 unspecified atom stereocenters. The molecule has 1 aromatic rings. The van der Waals surface area contributed by atoms with Gasteiger partial charge in [0, 0.05) is 31.7 Å². The molecule has 12 heteroatoms. The van der Waals surface area contributed by atoms with Gasteiger partial charge in [-0.05, 0) is 12.8 Å². The maximum absolute atomic E-state index is 12.4. The molecule has 0 spiro atoms. The zero-order valence-corrected chi connectivity index (χ0v) is 14.1. The topological polar surface area (TPSA) is 137 Å². The van der Waals surface area contributed by atoms with E-state index >= 15 is 0 Å². The summed E-state index contributed by atoms with van der Waals surface area (Å²) < 4.78 is 40.4. The first-order valence-electron chi connectivity index (χ1n) is 8.07. The Morgan fingerprint density at radius 2 is 2.24 bits per heavy atom. The lowest BCUT2D eigenvalue weighted by Crippen LogP contribution is -2.54. The molecular weight excluding hydrogens is 354 g/mol. The molecule has 4 rings (SSSR count). The summed E-state index contributed by atoms with van der Waals surface area (Å²) in [5.41, 5.74) is 0.629. The van der Waals surface area contributed by atoms with Crippen LogP contribution in [0.2, 0.25) is 0 Å². The number of hydrogen-bond acceptors (Lipinski definition) is 8. The number of nitrogens with zero attached hydrogens (tertiary/aromatic N) is 3. The fourth-order valence-electron chi connectivity index (χ4n) is 3.39. The van der Waals surface area contributed by atoms with Crippen molar-refractivity contribution in [3.05, 3.63) is 17.5 Å². The van der Waals surface area contributed by atoms with Gasteiger partial charge in [-0.1, -0.05) is 5.16 Å². The molecule has 3 aliphatic rings. The molecule has 3 aliphatic heterocycles. The van der Waals surface area contributed by atoms with Gasteiger partial charge in [0.05, 0.1) is 18.6 Å². The molecular formula is C13H19N5O6S. The van der Waals surface area contributed by atoms with E-state index in [-0.39, 0.29) is 6.04 Å². The first kappa shape index (κ1) is 16.7. The molecule has 3 saturated heterocycles. The molecule has 0 aliphatic carbocycles. The molecule has 0 saturated carbocycles. The van der Waals surface area contributed by atoms with Crippen molar-refractivity contribution in [3.63, 3.8) is 0 Å². The molecule has 1 aromatic heterocycles. The Kier molecular flexibility index (Phi) is 4.16. The van der Waals surface area contributed by atoms with Gasteiger partial charge in [-0.15, -0.1) is 4.28 Å². The number of amides is 2. The summed E-state index contributed by atoms with van der Waals surface area (Å²) in [4.78, 5) is 13.9. The number of carbonyl (C=O) groups is 1. The molecule has 2 amide bonds. The fraction of sp³-hybridized carbons (Fsp3) is 0.692. The molecule has 138 valence electrons. The Morgan fingerprint density at radius 1 is 1.44 bits per heavy atom. The first-order chi connectivity index (χ1) is 11.9. The van der Waals surface area contributed by atoms with Crippen molar-refractivity contribution in [2.75, 3.05) is 19.6 Å². The summed E-state index contributed by atoms with van der Waals surface area (Å²) in [7, 11) is -4.74. The molecule has 0 aromatic carbocycles. The predicted molar refractivity (Wildman–Crippen MR) is 82.3 cm³/mol. The lowest BCUT2D eigenvalue weighted by atomic mass is 9.98. The molecule has 2 bridgehead atoms. The van der Waals surface area contributed by atoms with Gasteiger partial charge in [0.2, 0.25) is 0 Å². The van der Waals surface area contributed by atoms with E-state index in [1.54, 1.807) is 0 Å². The van der Waals surface area contributed by atoms with E-state index in [1.807, 2.05) is 6.07 Å². The number of rotatable bonds is 6. The van der Waals surface area contributed by atoms with Crippen LogP contribution in [0.25, 0.3) is 0 Å². The van der Waals surface area contributed by atoms with Crippen LogP contribution >= 0.6 is 0 Å². The second kappa shape index (κ2) is 6.21. The zero-order valence-electron chi connectivity index (χ0n) is 13.3. The minimum atomic E-state index is -4.74. The average molecular weight is 373 g/mol. The van der Waals surface area contributed by atoms with Crippen molar-refractivity contribution in [1.29, 1.82) is 0 Å². The third-order valence-electron chi connectivity index (χ3n) is 4.76. The van der Waals surface area contributed by atoms with Crippen LogP contribution in [0.4, 0.5) is 4.79 Å². The van der Waals surface area contributed by atoms with Crippen LogP contribution in [0, 0.1) is 0 Å². The number of urea groups is 1. The molecule has 0 radical (unpaired) electrons. The van der Waals surface area contributed by atoms with Crippen LogP contribution in [-0.2, 0) is 21.2 Å². The zero-order chi connectivity index (χ0) is 17.6. The van der Waals surface area contributed by atoms with Gasteiger partial charge in [-0.2, -0.15) is 13.5 Å². The third-order valence-corrected chi connectivity index (χ3v) is 5.11. The maximum atomic E-state index is 12.4. The standard InChI is InChI=1S/C13H19N5O6S/c19-13-17-7-9(18(13)24-25(20,21)22)1-2-12(17)11-3-10(23-16-11)6-15-8-4-14-5-8/h3,8-9,12,14-15H,1-2,4-7H2,(H,20,21,22). The van der Waals surface area contributed by atoms with Crippen LogP contribution in [0.3, 0.4) is 0 Å². The second-order valence-electron chi connectivity index (χ2n) is 6.46. The van der Waals surface area contributed by atoms with E-state index in [4.69, 9.17) is 9.08 Å². The molecule has 11 nitrogen and oxygen atoms in total. The van der Waals surface area contributed by atoms with Gasteiger partial charge in [-0.3, -0.25) is 4.55 Å².